The molecule has 1 aromatic rings. The van der Waals surface area contributed by atoms with E-state index >= 15 is 0 Å². The van der Waals surface area contributed by atoms with Crippen molar-refractivity contribution in [3.63, 3.8) is 0 Å². The third-order valence-electron chi connectivity index (χ3n) is 6.01. The number of methoxy groups -OCH3 is 1. The number of nitrogens with zero attached hydrogens (tertiary/aromatic N) is 3. The van der Waals surface area contributed by atoms with Crippen molar-refractivity contribution < 1.29 is 9.53 Å². The molecule has 2 fully saturated rings. The molecule has 0 aromatic carbocycles. The Morgan fingerprint density at radius 3 is 2.70 bits per heavy atom. The molecule has 1 saturated heterocycles. The second-order valence-corrected chi connectivity index (χ2v) is 7.45. The van der Waals surface area contributed by atoms with E-state index in [9.17, 15) is 4.79 Å². The molecule has 7 heteroatoms. The molecule has 0 radical (unpaired) electrons. The van der Waals surface area contributed by atoms with Crippen molar-refractivity contribution >= 4 is 5.91 Å². The van der Waals surface area contributed by atoms with Crippen LogP contribution in [0.3, 0.4) is 0 Å². The quantitative estimate of drug-likeness (QED) is 0.869. The lowest BCUT2D eigenvalue weighted by molar-refractivity contribution is -0.177. The van der Waals surface area contributed by atoms with E-state index in [0.29, 0.717) is 11.7 Å². The summed E-state index contributed by atoms with van der Waals surface area (Å²) in [5, 5.41) is 14.6. The van der Waals surface area contributed by atoms with E-state index in [0.717, 1.165) is 32.4 Å². The summed E-state index contributed by atoms with van der Waals surface area (Å²) in [6.07, 6.45) is 4.62. The third-order valence-corrected chi connectivity index (χ3v) is 6.01. The number of piperidine rings is 1. The predicted molar refractivity (Wildman–Crippen MR) is 86.2 cm³/mol. The maximum absolute atomic E-state index is 12.5. The molecule has 1 amide bonds. The molecule has 23 heavy (non-hydrogen) atoms. The van der Waals surface area contributed by atoms with Crippen molar-refractivity contribution in [2.24, 2.45) is 5.41 Å². The van der Waals surface area contributed by atoms with Crippen LogP contribution in [0.1, 0.15) is 56.6 Å². The van der Waals surface area contributed by atoms with Crippen molar-refractivity contribution in [3.8, 4) is 0 Å². The van der Waals surface area contributed by atoms with Crippen LogP contribution in [0.4, 0.5) is 0 Å². The summed E-state index contributed by atoms with van der Waals surface area (Å²) in [6.45, 7) is 8.30. The second kappa shape index (κ2) is 5.87. The topological polar surface area (TPSA) is 81.1 Å². The average Bonchev–Trinajstić information content (AvgIpc) is 3.05. The van der Waals surface area contributed by atoms with E-state index in [1.165, 1.54) is 0 Å². The Kier molecular flexibility index (Phi) is 4.18. The van der Waals surface area contributed by atoms with E-state index in [4.69, 9.17) is 4.74 Å². The number of aromatic nitrogens is 3. The standard InChI is InChI=1S/C16H27N5O2/c1-15(2)13(9-16(15,3)23-4)18-14(22)12-10-21(20-19-12)11-5-7-17-8-6-11/h10-11,13,17H,5-9H2,1-4H3,(H,18,22). The molecule has 2 aliphatic rings. The van der Waals surface area contributed by atoms with E-state index in [-0.39, 0.29) is 23.0 Å². The van der Waals surface area contributed by atoms with Gasteiger partial charge in [-0.3, -0.25) is 4.79 Å². The minimum atomic E-state index is -0.197. The van der Waals surface area contributed by atoms with E-state index < -0.39 is 0 Å². The molecule has 2 heterocycles. The fourth-order valence-electron chi connectivity index (χ4n) is 3.59. The largest absolute Gasteiger partial charge is 0.378 e. The van der Waals surface area contributed by atoms with Gasteiger partial charge < -0.3 is 15.4 Å². The Morgan fingerprint density at radius 1 is 1.39 bits per heavy atom. The van der Waals surface area contributed by atoms with Gasteiger partial charge in [-0.05, 0) is 39.3 Å². The first kappa shape index (κ1) is 16.4. The fraction of sp³-hybridized carbons (Fsp3) is 0.812. The minimum absolute atomic E-state index is 0.0870. The van der Waals surface area contributed by atoms with Crippen molar-refractivity contribution in [1.82, 2.24) is 25.6 Å². The highest BCUT2D eigenvalue weighted by molar-refractivity contribution is 5.92. The highest BCUT2D eigenvalue weighted by Crippen LogP contribution is 2.51. The molecule has 3 rings (SSSR count). The van der Waals surface area contributed by atoms with Gasteiger partial charge in [0.05, 0.1) is 17.8 Å². The van der Waals surface area contributed by atoms with Gasteiger partial charge in [0.1, 0.15) is 0 Å². The second-order valence-electron chi connectivity index (χ2n) is 7.45. The van der Waals surface area contributed by atoms with Gasteiger partial charge in [0.15, 0.2) is 5.69 Å². The van der Waals surface area contributed by atoms with Crippen LogP contribution in [0.15, 0.2) is 6.20 Å². The number of hydrogen-bond acceptors (Lipinski definition) is 5. The van der Waals surface area contributed by atoms with Crippen LogP contribution >= 0.6 is 0 Å². The lowest BCUT2D eigenvalue weighted by Crippen LogP contribution is -2.68. The summed E-state index contributed by atoms with van der Waals surface area (Å²) in [5.74, 6) is -0.151. The maximum Gasteiger partial charge on any atom is 0.273 e. The van der Waals surface area contributed by atoms with Gasteiger partial charge in [0, 0.05) is 18.6 Å². The van der Waals surface area contributed by atoms with Gasteiger partial charge in [0.2, 0.25) is 0 Å². The zero-order valence-electron chi connectivity index (χ0n) is 14.4. The van der Waals surface area contributed by atoms with Crippen LogP contribution in [-0.4, -0.2) is 52.7 Å². The lowest BCUT2D eigenvalue weighted by atomic mass is 9.56. The van der Waals surface area contributed by atoms with Crippen molar-refractivity contribution in [2.75, 3.05) is 20.2 Å². The normalized spacial score (nSPS) is 30.7. The average molecular weight is 321 g/mol. The number of hydrogen-bond donors (Lipinski definition) is 2. The molecule has 2 unspecified atom stereocenters. The monoisotopic (exact) mass is 321 g/mol. The number of nitrogens with one attached hydrogen (secondary N) is 2. The molecule has 0 bridgehead atoms. The molecule has 0 spiro atoms. The molecule has 2 atom stereocenters. The SMILES string of the molecule is COC1(C)CC(NC(=O)c2cn(C3CCNCC3)nn2)C1(C)C. The van der Waals surface area contributed by atoms with Crippen molar-refractivity contribution in [3.05, 3.63) is 11.9 Å². The fourth-order valence-corrected chi connectivity index (χ4v) is 3.59. The number of ether oxygens (including phenoxy) is 1. The molecular formula is C16H27N5O2. The van der Waals surface area contributed by atoms with Crippen LogP contribution in [-0.2, 0) is 4.74 Å². The van der Waals surface area contributed by atoms with Gasteiger partial charge >= 0.3 is 0 Å². The Balaban J connectivity index is 1.62. The molecule has 1 aliphatic heterocycles. The number of carbonyl (C=O) groups excluding carboxylic acids is 1. The Hall–Kier alpha value is -1.47. The minimum Gasteiger partial charge on any atom is -0.378 e. The summed E-state index contributed by atoms with van der Waals surface area (Å²) in [7, 11) is 1.73. The summed E-state index contributed by atoms with van der Waals surface area (Å²) >= 11 is 0. The summed E-state index contributed by atoms with van der Waals surface area (Å²) in [4.78, 5) is 12.5. The Morgan fingerprint density at radius 2 is 2.09 bits per heavy atom. The highest BCUT2D eigenvalue weighted by atomic mass is 16.5. The van der Waals surface area contributed by atoms with Crippen LogP contribution < -0.4 is 10.6 Å². The van der Waals surface area contributed by atoms with Gasteiger partial charge in [-0.1, -0.05) is 19.1 Å². The van der Waals surface area contributed by atoms with Gasteiger partial charge in [-0.2, -0.15) is 0 Å². The molecule has 1 saturated carbocycles. The number of amides is 1. The van der Waals surface area contributed by atoms with Crippen molar-refractivity contribution in [1.29, 1.82) is 0 Å². The molecule has 1 aliphatic carbocycles. The summed E-state index contributed by atoms with van der Waals surface area (Å²) < 4.78 is 7.43. The Labute approximate surface area is 137 Å². The van der Waals surface area contributed by atoms with E-state index in [1.54, 1.807) is 13.3 Å². The molecular weight excluding hydrogens is 294 g/mol. The third kappa shape index (κ3) is 2.76. The van der Waals surface area contributed by atoms with Crippen molar-refractivity contribution in [2.45, 2.75) is 57.7 Å². The lowest BCUT2D eigenvalue weighted by Gasteiger charge is -2.59. The van der Waals surface area contributed by atoms with Gasteiger partial charge in [-0.25, -0.2) is 4.68 Å². The summed E-state index contributed by atoms with van der Waals surface area (Å²) in [6, 6.07) is 0.422. The van der Waals surface area contributed by atoms with E-state index in [1.807, 2.05) is 4.68 Å². The molecule has 1 aromatic heterocycles. The van der Waals surface area contributed by atoms with Crippen LogP contribution in [0.2, 0.25) is 0 Å². The predicted octanol–water partition coefficient (Wildman–Crippen LogP) is 1.14. The van der Waals surface area contributed by atoms with Gasteiger partial charge in [-0.15, -0.1) is 5.10 Å². The summed E-state index contributed by atoms with van der Waals surface area (Å²) in [5.41, 5.74) is 0.0884. The first-order valence-electron chi connectivity index (χ1n) is 8.36. The molecule has 128 valence electrons. The van der Waals surface area contributed by atoms with E-state index in [2.05, 4.69) is 41.7 Å². The van der Waals surface area contributed by atoms with Gasteiger partial charge in [0.25, 0.3) is 5.91 Å². The van der Waals surface area contributed by atoms with Crippen LogP contribution in [0, 0.1) is 5.41 Å². The maximum atomic E-state index is 12.5. The van der Waals surface area contributed by atoms with Crippen LogP contribution in [0.25, 0.3) is 0 Å². The molecule has 2 N–H and O–H groups in total. The number of carbonyl (C=O) groups is 1. The number of rotatable bonds is 4. The smallest absolute Gasteiger partial charge is 0.273 e. The highest BCUT2D eigenvalue weighted by Gasteiger charge is 2.58. The molecule has 7 nitrogen and oxygen atoms in total. The zero-order valence-corrected chi connectivity index (χ0v) is 14.4. The first-order chi connectivity index (χ1) is 10.9. The first-order valence-corrected chi connectivity index (χ1v) is 8.36. The van der Waals surface area contributed by atoms with Crippen LogP contribution in [0.5, 0.6) is 0 Å². The Bertz CT molecular complexity index is 579. The zero-order chi connectivity index (χ0) is 16.7.